The van der Waals surface area contributed by atoms with Crippen molar-refractivity contribution in [3.8, 4) is 0 Å². The molecule has 3 nitrogen and oxygen atoms in total. The molecule has 2 atom stereocenters. The first-order valence-corrected chi connectivity index (χ1v) is 9.46. The third kappa shape index (κ3) is 4.19. The number of hydrogen-bond donors (Lipinski definition) is 1. The van der Waals surface area contributed by atoms with Crippen molar-refractivity contribution in [2.45, 2.75) is 65.8 Å². The van der Waals surface area contributed by atoms with Gasteiger partial charge in [-0.15, -0.1) is 11.3 Å². The Labute approximate surface area is 134 Å². The SMILES string of the molecule is CCNCc1sc(N2CCCC(CC)C2)nc1C(C)CC. The molecule has 1 fully saturated rings. The first-order valence-electron chi connectivity index (χ1n) is 8.64. The van der Waals surface area contributed by atoms with Crippen LogP contribution in [0, 0.1) is 5.92 Å². The number of rotatable bonds is 7. The van der Waals surface area contributed by atoms with Crippen molar-refractivity contribution in [1.29, 1.82) is 0 Å². The quantitative estimate of drug-likeness (QED) is 0.809. The highest BCUT2D eigenvalue weighted by Crippen LogP contribution is 2.34. The number of thiazole rings is 1. The molecule has 1 aromatic rings. The highest BCUT2D eigenvalue weighted by Gasteiger charge is 2.23. The van der Waals surface area contributed by atoms with E-state index in [4.69, 9.17) is 4.98 Å². The summed E-state index contributed by atoms with van der Waals surface area (Å²) in [6.45, 7) is 13.4. The van der Waals surface area contributed by atoms with E-state index >= 15 is 0 Å². The molecule has 0 aliphatic carbocycles. The highest BCUT2D eigenvalue weighted by molar-refractivity contribution is 7.15. The lowest BCUT2D eigenvalue weighted by molar-refractivity contribution is 0.404. The van der Waals surface area contributed by atoms with Crippen LogP contribution in [0.25, 0.3) is 0 Å². The second-order valence-corrected chi connectivity index (χ2v) is 7.32. The zero-order valence-electron chi connectivity index (χ0n) is 14.1. The smallest absolute Gasteiger partial charge is 0.185 e. The van der Waals surface area contributed by atoms with Gasteiger partial charge in [0, 0.05) is 24.5 Å². The van der Waals surface area contributed by atoms with E-state index in [2.05, 4.69) is 37.9 Å². The van der Waals surface area contributed by atoms with Gasteiger partial charge in [-0.2, -0.15) is 0 Å². The number of aromatic nitrogens is 1. The number of anilines is 1. The molecule has 1 N–H and O–H groups in total. The Bertz CT molecular complexity index is 430. The van der Waals surface area contributed by atoms with Crippen LogP contribution in [0.2, 0.25) is 0 Å². The maximum atomic E-state index is 5.03. The Kier molecular flexibility index (Phi) is 6.49. The Morgan fingerprint density at radius 1 is 1.38 bits per heavy atom. The molecular formula is C17H31N3S. The second-order valence-electron chi connectivity index (χ2n) is 6.26. The molecule has 1 aliphatic rings. The summed E-state index contributed by atoms with van der Waals surface area (Å²) in [5.41, 5.74) is 1.33. The fraction of sp³-hybridized carbons (Fsp3) is 0.824. The summed E-state index contributed by atoms with van der Waals surface area (Å²) in [6, 6.07) is 0. The standard InChI is InChI=1S/C17H31N3S/c1-5-13(4)16-15(11-18-7-3)21-17(19-16)20-10-8-9-14(6-2)12-20/h13-14,18H,5-12H2,1-4H3. The van der Waals surface area contributed by atoms with Crippen LogP contribution in [-0.4, -0.2) is 24.6 Å². The molecule has 120 valence electrons. The van der Waals surface area contributed by atoms with Gasteiger partial charge < -0.3 is 10.2 Å². The van der Waals surface area contributed by atoms with Gasteiger partial charge in [-0.25, -0.2) is 4.98 Å². The molecule has 2 unspecified atom stereocenters. The molecule has 0 spiro atoms. The van der Waals surface area contributed by atoms with Crippen LogP contribution in [-0.2, 0) is 6.54 Å². The molecule has 0 amide bonds. The summed E-state index contributed by atoms with van der Waals surface area (Å²) < 4.78 is 0. The lowest BCUT2D eigenvalue weighted by Gasteiger charge is -2.32. The predicted octanol–water partition coefficient (Wildman–Crippen LogP) is 4.39. The highest BCUT2D eigenvalue weighted by atomic mass is 32.1. The van der Waals surface area contributed by atoms with Crippen LogP contribution in [0.3, 0.4) is 0 Å². The number of hydrogen-bond acceptors (Lipinski definition) is 4. The molecule has 0 aromatic carbocycles. The van der Waals surface area contributed by atoms with Crippen molar-refractivity contribution >= 4 is 16.5 Å². The van der Waals surface area contributed by atoms with E-state index in [0.29, 0.717) is 5.92 Å². The Morgan fingerprint density at radius 2 is 2.19 bits per heavy atom. The van der Waals surface area contributed by atoms with E-state index in [1.807, 2.05) is 11.3 Å². The second kappa shape index (κ2) is 8.14. The maximum Gasteiger partial charge on any atom is 0.185 e. The Hall–Kier alpha value is -0.610. The van der Waals surface area contributed by atoms with Crippen LogP contribution >= 0.6 is 11.3 Å². The predicted molar refractivity (Wildman–Crippen MR) is 93.4 cm³/mol. The molecule has 21 heavy (non-hydrogen) atoms. The van der Waals surface area contributed by atoms with Gasteiger partial charge in [0.25, 0.3) is 0 Å². The minimum Gasteiger partial charge on any atom is -0.348 e. The molecular weight excluding hydrogens is 278 g/mol. The van der Waals surface area contributed by atoms with Crippen molar-refractivity contribution in [3.63, 3.8) is 0 Å². The van der Waals surface area contributed by atoms with Crippen molar-refractivity contribution in [2.75, 3.05) is 24.5 Å². The van der Waals surface area contributed by atoms with E-state index in [-0.39, 0.29) is 0 Å². The van der Waals surface area contributed by atoms with E-state index in [1.165, 1.54) is 54.5 Å². The number of nitrogens with one attached hydrogen (secondary N) is 1. The maximum absolute atomic E-state index is 5.03. The van der Waals surface area contributed by atoms with Crippen molar-refractivity contribution in [2.24, 2.45) is 5.92 Å². The van der Waals surface area contributed by atoms with Gasteiger partial charge in [-0.3, -0.25) is 0 Å². The lowest BCUT2D eigenvalue weighted by atomic mass is 9.96. The molecule has 1 aliphatic heterocycles. The van der Waals surface area contributed by atoms with Gasteiger partial charge in [0.2, 0.25) is 0 Å². The van der Waals surface area contributed by atoms with Gasteiger partial charge >= 0.3 is 0 Å². The molecule has 1 aromatic heterocycles. The van der Waals surface area contributed by atoms with E-state index in [0.717, 1.165) is 19.0 Å². The molecule has 4 heteroatoms. The van der Waals surface area contributed by atoms with Crippen molar-refractivity contribution < 1.29 is 0 Å². The van der Waals surface area contributed by atoms with Gasteiger partial charge in [-0.1, -0.05) is 34.1 Å². The summed E-state index contributed by atoms with van der Waals surface area (Å²) in [5, 5.41) is 4.73. The minimum absolute atomic E-state index is 0.565. The molecule has 2 heterocycles. The Morgan fingerprint density at radius 3 is 2.86 bits per heavy atom. The normalized spacial score (nSPS) is 20.8. The van der Waals surface area contributed by atoms with Gasteiger partial charge in [0.15, 0.2) is 5.13 Å². The van der Waals surface area contributed by atoms with Crippen LogP contribution in [0.5, 0.6) is 0 Å². The average Bonchev–Trinajstić information content (AvgIpc) is 2.96. The summed E-state index contributed by atoms with van der Waals surface area (Å²) >= 11 is 1.91. The summed E-state index contributed by atoms with van der Waals surface area (Å²) in [6.07, 6.45) is 5.17. The first-order chi connectivity index (χ1) is 10.2. The number of piperidine rings is 1. The fourth-order valence-corrected chi connectivity index (χ4v) is 4.19. The summed E-state index contributed by atoms with van der Waals surface area (Å²) in [7, 11) is 0. The van der Waals surface area contributed by atoms with Gasteiger partial charge in [0.05, 0.1) is 5.69 Å². The number of nitrogens with zero attached hydrogens (tertiary/aromatic N) is 2. The van der Waals surface area contributed by atoms with Gasteiger partial charge in [0.1, 0.15) is 0 Å². The van der Waals surface area contributed by atoms with Crippen LogP contribution in [0.4, 0.5) is 5.13 Å². The monoisotopic (exact) mass is 309 g/mol. The molecule has 1 saturated heterocycles. The molecule has 0 radical (unpaired) electrons. The lowest BCUT2D eigenvalue weighted by Crippen LogP contribution is -2.35. The van der Waals surface area contributed by atoms with E-state index in [9.17, 15) is 0 Å². The topological polar surface area (TPSA) is 28.2 Å². The zero-order chi connectivity index (χ0) is 15.2. The molecule has 2 rings (SSSR count). The van der Waals surface area contributed by atoms with E-state index < -0.39 is 0 Å². The van der Waals surface area contributed by atoms with Crippen molar-refractivity contribution in [3.05, 3.63) is 10.6 Å². The summed E-state index contributed by atoms with van der Waals surface area (Å²) in [5.74, 6) is 1.42. The third-order valence-corrected chi connectivity index (χ3v) is 5.83. The average molecular weight is 310 g/mol. The van der Waals surface area contributed by atoms with Crippen LogP contribution in [0.15, 0.2) is 0 Å². The molecule has 0 bridgehead atoms. The minimum atomic E-state index is 0.565. The fourth-order valence-electron chi connectivity index (χ4n) is 3.00. The Balaban J connectivity index is 2.17. The van der Waals surface area contributed by atoms with Crippen LogP contribution in [0.1, 0.15) is 69.9 Å². The van der Waals surface area contributed by atoms with E-state index in [1.54, 1.807) is 0 Å². The third-order valence-electron chi connectivity index (χ3n) is 4.70. The van der Waals surface area contributed by atoms with Crippen molar-refractivity contribution in [1.82, 2.24) is 10.3 Å². The largest absolute Gasteiger partial charge is 0.348 e. The molecule has 0 saturated carbocycles. The zero-order valence-corrected chi connectivity index (χ0v) is 14.9. The first kappa shape index (κ1) is 16.8. The van der Waals surface area contributed by atoms with Gasteiger partial charge in [-0.05, 0) is 37.6 Å². The van der Waals surface area contributed by atoms with Crippen LogP contribution < -0.4 is 10.2 Å². The summed E-state index contributed by atoms with van der Waals surface area (Å²) in [4.78, 5) is 9.01.